The smallest absolute Gasteiger partial charge is 0.144 e. The average Bonchev–Trinajstić information content (AvgIpc) is 2.53. The lowest BCUT2D eigenvalue weighted by molar-refractivity contribution is 0.0371. The van der Waals surface area contributed by atoms with E-state index in [1.54, 1.807) is 0 Å². The Bertz CT molecular complexity index is 166. The van der Waals surface area contributed by atoms with Gasteiger partial charge in [-0.1, -0.05) is 26.1 Å². The van der Waals surface area contributed by atoms with Crippen molar-refractivity contribution in [3.8, 4) is 0 Å². The summed E-state index contributed by atoms with van der Waals surface area (Å²) >= 11 is 5.26. The predicted octanol–water partition coefficient (Wildman–Crippen LogP) is 0.805. The van der Waals surface area contributed by atoms with Crippen molar-refractivity contribution >= 4 is 17.2 Å². The Labute approximate surface area is 79.1 Å². The van der Waals surface area contributed by atoms with Gasteiger partial charge in [0.1, 0.15) is 6.23 Å². The average molecular weight is 188 g/mol. The highest BCUT2D eigenvalue weighted by molar-refractivity contribution is 7.80. The molecule has 0 saturated carbocycles. The predicted molar refractivity (Wildman–Crippen MR) is 52.9 cm³/mol. The quantitative estimate of drug-likeness (QED) is 0.648. The molecule has 1 atom stereocenters. The molecule has 4 heteroatoms. The van der Waals surface area contributed by atoms with Crippen LogP contribution in [0.2, 0.25) is 0 Å². The van der Waals surface area contributed by atoms with Gasteiger partial charge in [0.05, 0.1) is 11.7 Å². The maximum absolute atomic E-state index is 5.41. The van der Waals surface area contributed by atoms with Crippen LogP contribution < -0.4 is 5.32 Å². The Kier molecular flexibility index (Phi) is 3.43. The molecule has 0 radical (unpaired) electrons. The summed E-state index contributed by atoms with van der Waals surface area (Å²) in [5.41, 5.74) is 0. The van der Waals surface area contributed by atoms with Crippen molar-refractivity contribution < 1.29 is 4.74 Å². The molecule has 70 valence electrons. The first kappa shape index (κ1) is 9.89. The molecule has 0 bridgehead atoms. The van der Waals surface area contributed by atoms with Gasteiger partial charge in [0.2, 0.25) is 0 Å². The summed E-state index contributed by atoms with van der Waals surface area (Å²) in [6, 6.07) is 0. The fourth-order valence-electron chi connectivity index (χ4n) is 1.19. The molecule has 0 aromatic rings. The Morgan fingerprint density at radius 2 is 2.33 bits per heavy atom. The van der Waals surface area contributed by atoms with Crippen LogP contribution in [0.1, 0.15) is 13.8 Å². The molecule has 0 aliphatic carbocycles. The third-order valence-corrected chi connectivity index (χ3v) is 2.73. The molecule has 12 heavy (non-hydrogen) atoms. The molecule has 1 N–H and O–H groups in total. The molecule has 1 aliphatic heterocycles. The molecular formula is C8H16N2OS. The number of likely N-dealkylation sites (N-methyl/N-ethyl adjacent to an activating group) is 1. The summed E-state index contributed by atoms with van der Waals surface area (Å²) in [4.78, 5) is 2.99. The highest BCUT2D eigenvalue weighted by Crippen LogP contribution is 2.09. The van der Waals surface area contributed by atoms with E-state index in [0.29, 0.717) is 12.6 Å². The van der Waals surface area contributed by atoms with Gasteiger partial charge in [0, 0.05) is 19.5 Å². The van der Waals surface area contributed by atoms with Crippen LogP contribution in [0.25, 0.3) is 0 Å². The summed E-state index contributed by atoms with van der Waals surface area (Å²) in [6.45, 7) is 5.70. The van der Waals surface area contributed by atoms with E-state index in [2.05, 4.69) is 19.2 Å². The van der Waals surface area contributed by atoms with Crippen molar-refractivity contribution in [2.45, 2.75) is 20.1 Å². The van der Waals surface area contributed by atoms with Crippen molar-refractivity contribution in [3.63, 3.8) is 0 Å². The highest BCUT2D eigenvalue weighted by atomic mass is 32.1. The summed E-state index contributed by atoms with van der Waals surface area (Å²) in [6.07, 6.45) is 0.125. The van der Waals surface area contributed by atoms with Crippen LogP contribution in [-0.2, 0) is 4.74 Å². The van der Waals surface area contributed by atoms with Gasteiger partial charge in [-0.3, -0.25) is 5.32 Å². The van der Waals surface area contributed by atoms with Crippen LogP contribution in [0.3, 0.4) is 0 Å². The SMILES string of the molecule is CC(C)C(=S)N(C)C1CNCO1. The molecule has 1 aliphatic rings. The molecule has 1 fully saturated rings. The maximum atomic E-state index is 5.41. The van der Waals surface area contributed by atoms with Crippen LogP contribution in [0.15, 0.2) is 0 Å². The second-order valence-electron chi connectivity index (χ2n) is 3.32. The molecular weight excluding hydrogens is 172 g/mol. The summed E-state index contributed by atoms with van der Waals surface area (Å²) in [5, 5.41) is 3.12. The molecule has 1 saturated heterocycles. The van der Waals surface area contributed by atoms with Gasteiger partial charge in [0.25, 0.3) is 0 Å². The number of hydrogen-bond donors (Lipinski definition) is 1. The summed E-state index contributed by atoms with van der Waals surface area (Å²) in [5.74, 6) is 0.411. The second-order valence-corrected chi connectivity index (χ2v) is 3.74. The fraction of sp³-hybridized carbons (Fsp3) is 0.875. The van der Waals surface area contributed by atoms with Crippen molar-refractivity contribution in [2.24, 2.45) is 5.92 Å². The number of nitrogens with one attached hydrogen (secondary N) is 1. The number of nitrogens with zero attached hydrogens (tertiary/aromatic N) is 1. The highest BCUT2D eigenvalue weighted by Gasteiger charge is 2.22. The van der Waals surface area contributed by atoms with Crippen molar-refractivity contribution in [2.75, 3.05) is 20.3 Å². The van der Waals surface area contributed by atoms with E-state index in [1.165, 1.54) is 0 Å². The van der Waals surface area contributed by atoms with E-state index >= 15 is 0 Å². The number of thiocarbonyl (C=S) groups is 1. The molecule has 0 spiro atoms. The maximum Gasteiger partial charge on any atom is 0.144 e. The van der Waals surface area contributed by atoms with Crippen LogP contribution in [0.5, 0.6) is 0 Å². The number of rotatable bonds is 2. The summed E-state index contributed by atoms with van der Waals surface area (Å²) < 4.78 is 5.41. The van der Waals surface area contributed by atoms with Crippen LogP contribution in [0.4, 0.5) is 0 Å². The van der Waals surface area contributed by atoms with Gasteiger partial charge >= 0.3 is 0 Å². The molecule has 1 heterocycles. The van der Waals surface area contributed by atoms with Gasteiger partial charge in [-0.15, -0.1) is 0 Å². The lowest BCUT2D eigenvalue weighted by atomic mass is 10.2. The van der Waals surface area contributed by atoms with E-state index in [4.69, 9.17) is 17.0 Å². The van der Waals surface area contributed by atoms with Crippen molar-refractivity contribution in [1.82, 2.24) is 10.2 Å². The zero-order valence-corrected chi connectivity index (χ0v) is 8.65. The third-order valence-electron chi connectivity index (χ3n) is 1.97. The van der Waals surface area contributed by atoms with Crippen LogP contribution in [0, 0.1) is 5.92 Å². The van der Waals surface area contributed by atoms with Crippen LogP contribution in [-0.4, -0.2) is 36.4 Å². The topological polar surface area (TPSA) is 24.5 Å². The van der Waals surface area contributed by atoms with Gasteiger partial charge in [0.15, 0.2) is 0 Å². The molecule has 0 aromatic carbocycles. The van der Waals surface area contributed by atoms with E-state index < -0.39 is 0 Å². The molecule has 1 unspecified atom stereocenters. The van der Waals surface area contributed by atoms with Crippen molar-refractivity contribution in [3.05, 3.63) is 0 Å². The van der Waals surface area contributed by atoms with E-state index in [-0.39, 0.29) is 6.23 Å². The lowest BCUT2D eigenvalue weighted by Gasteiger charge is -2.27. The third kappa shape index (κ3) is 2.15. The largest absolute Gasteiger partial charge is 0.342 e. The summed E-state index contributed by atoms with van der Waals surface area (Å²) in [7, 11) is 1.99. The first-order valence-corrected chi connectivity index (χ1v) is 4.62. The van der Waals surface area contributed by atoms with Gasteiger partial charge < -0.3 is 9.64 Å². The molecule has 1 rings (SSSR count). The number of ether oxygens (including phenoxy) is 1. The minimum absolute atomic E-state index is 0.125. The van der Waals surface area contributed by atoms with Gasteiger partial charge in [-0.25, -0.2) is 0 Å². The number of hydrogen-bond acceptors (Lipinski definition) is 3. The van der Waals surface area contributed by atoms with E-state index in [0.717, 1.165) is 11.5 Å². The van der Waals surface area contributed by atoms with Gasteiger partial charge in [-0.2, -0.15) is 0 Å². The fourth-order valence-corrected chi connectivity index (χ4v) is 1.31. The first-order chi connectivity index (χ1) is 5.63. The lowest BCUT2D eigenvalue weighted by Crippen LogP contribution is -2.40. The Balaban J connectivity index is 2.45. The molecule has 3 nitrogen and oxygen atoms in total. The standard InChI is InChI=1S/C8H16N2OS/c1-6(2)8(12)10(3)7-4-9-5-11-7/h6-7,9H,4-5H2,1-3H3. The minimum atomic E-state index is 0.125. The second kappa shape index (κ2) is 4.16. The molecule has 0 amide bonds. The monoisotopic (exact) mass is 188 g/mol. The minimum Gasteiger partial charge on any atom is -0.342 e. The molecule has 0 aromatic heterocycles. The Hall–Kier alpha value is -0.190. The van der Waals surface area contributed by atoms with Gasteiger partial charge in [-0.05, 0) is 0 Å². The zero-order chi connectivity index (χ0) is 9.14. The zero-order valence-electron chi connectivity index (χ0n) is 7.83. The Morgan fingerprint density at radius 3 is 2.75 bits per heavy atom. The Morgan fingerprint density at radius 1 is 1.67 bits per heavy atom. The normalized spacial score (nSPS) is 23.2. The van der Waals surface area contributed by atoms with Crippen molar-refractivity contribution in [1.29, 1.82) is 0 Å². The first-order valence-electron chi connectivity index (χ1n) is 4.22. The van der Waals surface area contributed by atoms with E-state index in [1.807, 2.05) is 11.9 Å². The van der Waals surface area contributed by atoms with Crippen LogP contribution >= 0.6 is 12.2 Å². The van der Waals surface area contributed by atoms with E-state index in [9.17, 15) is 0 Å².